The maximum absolute atomic E-state index is 13.0. The van der Waals surface area contributed by atoms with E-state index in [4.69, 9.17) is 9.47 Å². The van der Waals surface area contributed by atoms with Crippen molar-refractivity contribution in [3.8, 4) is 11.5 Å². The Morgan fingerprint density at radius 1 is 1.12 bits per heavy atom. The summed E-state index contributed by atoms with van der Waals surface area (Å²) in [6.07, 6.45) is 0.475. The Kier molecular flexibility index (Phi) is 4.97. The van der Waals surface area contributed by atoms with Crippen LogP contribution in [0.5, 0.6) is 11.5 Å². The number of likely N-dealkylation sites (N-methyl/N-ethyl adjacent to an activating group) is 1. The molecule has 7 heteroatoms. The summed E-state index contributed by atoms with van der Waals surface area (Å²) in [5.74, 6) is 0.884. The average molecular weight is 355 g/mol. The number of carbonyl (C=O) groups is 2. The van der Waals surface area contributed by atoms with Gasteiger partial charge >= 0.3 is 6.03 Å². The summed E-state index contributed by atoms with van der Waals surface area (Å²) in [6, 6.07) is 11.6. The second-order valence-corrected chi connectivity index (χ2v) is 5.83. The molecule has 0 radical (unpaired) electrons. The maximum Gasteiger partial charge on any atom is 0.327 e. The number of hydrogen-bond donors (Lipinski definition) is 2. The van der Waals surface area contributed by atoms with Crippen molar-refractivity contribution in [1.29, 1.82) is 0 Å². The van der Waals surface area contributed by atoms with E-state index in [-0.39, 0.29) is 5.91 Å². The van der Waals surface area contributed by atoms with Crippen molar-refractivity contribution in [1.82, 2.24) is 5.32 Å². The number of fused-ring (bicyclic) bond motifs is 1. The molecule has 0 aliphatic carbocycles. The van der Waals surface area contributed by atoms with Crippen LogP contribution in [-0.4, -0.2) is 39.2 Å². The van der Waals surface area contributed by atoms with Crippen LogP contribution in [0, 0.1) is 0 Å². The van der Waals surface area contributed by atoms with Crippen molar-refractivity contribution in [2.45, 2.75) is 12.5 Å². The molecule has 0 saturated carbocycles. The minimum absolute atomic E-state index is 0.210. The fraction of sp³-hybridized carbons (Fsp3) is 0.263. The third kappa shape index (κ3) is 3.15. The highest BCUT2D eigenvalue weighted by Gasteiger charge is 2.38. The van der Waals surface area contributed by atoms with Crippen molar-refractivity contribution < 1.29 is 19.1 Å². The molecule has 0 saturated heterocycles. The first-order chi connectivity index (χ1) is 12.6. The lowest BCUT2D eigenvalue weighted by molar-refractivity contribution is -0.121. The summed E-state index contributed by atoms with van der Waals surface area (Å²) in [4.78, 5) is 26.7. The van der Waals surface area contributed by atoms with Crippen molar-refractivity contribution in [2.24, 2.45) is 0 Å². The van der Waals surface area contributed by atoms with E-state index < -0.39 is 12.1 Å². The molecule has 1 atom stereocenters. The fourth-order valence-corrected chi connectivity index (χ4v) is 3.09. The van der Waals surface area contributed by atoms with Gasteiger partial charge in [-0.15, -0.1) is 0 Å². The average Bonchev–Trinajstić information content (AvgIpc) is 3.07. The SMILES string of the molecule is CNC(=O)C1Cc2ccccc2N1C(=O)Nc1ccc(OC)cc1OC. The van der Waals surface area contributed by atoms with Crippen molar-refractivity contribution >= 4 is 23.3 Å². The quantitative estimate of drug-likeness (QED) is 0.883. The highest BCUT2D eigenvalue weighted by molar-refractivity contribution is 6.08. The Morgan fingerprint density at radius 2 is 1.88 bits per heavy atom. The monoisotopic (exact) mass is 355 g/mol. The summed E-state index contributed by atoms with van der Waals surface area (Å²) < 4.78 is 10.5. The van der Waals surface area contributed by atoms with Crippen LogP contribution in [0.4, 0.5) is 16.2 Å². The van der Waals surface area contributed by atoms with Gasteiger partial charge in [-0.1, -0.05) is 18.2 Å². The predicted octanol–water partition coefficient (Wildman–Crippen LogP) is 2.41. The zero-order valence-electron chi connectivity index (χ0n) is 14.9. The standard InChI is InChI=1S/C19H21N3O4/c1-20-18(23)16-10-12-6-4-5-7-15(12)22(16)19(24)21-14-9-8-13(25-2)11-17(14)26-3/h4-9,11,16H,10H2,1-3H3,(H,20,23)(H,21,24). The van der Waals surface area contributed by atoms with Crippen LogP contribution in [0.15, 0.2) is 42.5 Å². The Labute approximate surface area is 151 Å². The number of methoxy groups -OCH3 is 2. The van der Waals surface area contributed by atoms with Crippen LogP contribution in [-0.2, 0) is 11.2 Å². The smallest absolute Gasteiger partial charge is 0.327 e. The molecule has 136 valence electrons. The van der Waals surface area contributed by atoms with Crippen LogP contribution in [0.1, 0.15) is 5.56 Å². The van der Waals surface area contributed by atoms with Crippen LogP contribution in [0.25, 0.3) is 0 Å². The number of para-hydroxylation sites is 1. The number of anilines is 2. The Bertz CT molecular complexity index is 837. The third-order valence-electron chi connectivity index (χ3n) is 4.39. The molecule has 1 heterocycles. The first-order valence-corrected chi connectivity index (χ1v) is 8.20. The van der Waals surface area contributed by atoms with Gasteiger partial charge < -0.3 is 20.1 Å². The fourth-order valence-electron chi connectivity index (χ4n) is 3.09. The number of urea groups is 1. The van der Waals surface area contributed by atoms with Crippen LogP contribution in [0.3, 0.4) is 0 Å². The summed E-state index contributed by atoms with van der Waals surface area (Å²) in [7, 11) is 4.64. The highest BCUT2D eigenvalue weighted by Crippen LogP contribution is 2.34. The van der Waals surface area contributed by atoms with E-state index in [1.165, 1.54) is 12.0 Å². The molecule has 0 fully saturated rings. The van der Waals surface area contributed by atoms with Gasteiger partial charge in [-0.3, -0.25) is 9.69 Å². The number of benzene rings is 2. The molecule has 1 aliphatic heterocycles. The molecule has 3 rings (SSSR count). The number of nitrogens with zero attached hydrogens (tertiary/aromatic N) is 1. The number of ether oxygens (including phenoxy) is 2. The van der Waals surface area contributed by atoms with Crippen molar-refractivity contribution in [3.63, 3.8) is 0 Å². The van der Waals surface area contributed by atoms with Gasteiger partial charge in [0.2, 0.25) is 5.91 Å². The van der Waals surface area contributed by atoms with E-state index >= 15 is 0 Å². The van der Waals surface area contributed by atoms with Gasteiger partial charge in [0, 0.05) is 25.2 Å². The number of hydrogen-bond acceptors (Lipinski definition) is 4. The largest absolute Gasteiger partial charge is 0.497 e. The van der Waals surface area contributed by atoms with Gasteiger partial charge in [-0.2, -0.15) is 0 Å². The van der Waals surface area contributed by atoms with E-state index in [0.29, 0.717) is 23.6 Å². The molecule has 2 N–H and O–H groups in total. The molecule has 2 aromatic carbocycles. The maximum atomic E-state index is 13.0. The van der Waals surface area contributed by atoms with Gasteiger partial charge in [0.15, 0.2) is 0 Å². The zero-order chi connectivity index (χ0) is 18.7. The number of carbonyl (C=O) groups excluding carboxylic acids is 2. The second kappa shape index (κ2) is 7.35. The highest BCUT2D eigenvalue weighted by atomic mass is 16.5. The van der Waals surface area contributed by atoms with Gasteiger partial charge in [0.1, 0.15) is 17.5 Å². The summed E-state index contributed by atoms with van der Waals surface area (Å²) in [5, 5.41) is 5.46. The lowest BCUT2D eigenvalue weighted by Crippen LogP contribution is -2.48. The van der Waals surface area contributed by atoms with E-state index in [2.05, 4.69) is 10.6 Å². The minimum atomic E-state index is -0.596. The number of amides is 3. The molecule has 7 nitrogen and oxygen atoms in total. The third-order valence-corrected chi connectivity index (χ3v) is 4.39. The summed E-state index contributed by atoms with van der Waals surface area (Å²) >= 11 is 0. The van der Waals surface area contributed by atoms with E-state index in [9.17, 15) is 9.59 Å². The molecule has 2 aromatic rings. The number of nitrogens with one attached hydrogen (secondary N) is 2. The lowest BCUT2D eigenvalue weighted by Gasteiger charge is -2.25. The zero-order valence-corrected chi connectivity index (χ0v) is 14.9. The molecule has 1 aliphatic rings. The lowest BCUT2D eigenvalue weighted by atomic mass is 10.1. The second-order valence-electron chi connectivity index (χ2n) is 5.83. The molecular weight excluding hydrogens is 334 g/mol. The first-order valence-electron chi connectivity index (χ1n) is 8.20. The van der Waals surface area contributed by atoms with E-state index in [1.807, 2.05) is 24.3 Å². The van der Waals surface area contributed by atoms with Crippen LogP contribution >= 0.6 is 0 Å². The van der Waals surface area contributed by atoms with Crippen LogP contribution < -0.4 is 25.0 Å². The van der Waals surface area contributed by atoms with Crippen LogP contribution in [0.2, 0.25) is 0 Å². The Balaban J connectivity index is 1.91. The van der Waals surface area contributed by atoms with Gasteiger partial charge in [0.05, 0.1) is 19.9 Å². The molecule has 3 amide bonds. The van der Waals surface area contributed by atoms with E-state index in [1.54, 1.807) is 32.4 Å². The van der Waals surface area contributed by atoms with Gasteiger partial charge in [-0.25, -0.2) is 4.79 Å². The molecule has 1 unspecified atom stereocenters. The Hall–Kier alpha value is -3.22. The first kappa shape index (κ1) is 17.6. The summed E-state index contributed by atoms with van der Waals surface area (Å²) in [5.41, 5.74) is 2.18. The minimum Gasteiger partial charge on any atom is -0.497 e. The predicted molar refractivity (Wildman–Crippen MR) is 99.0 cm³/mol. The summed E-state index contributed by atoms with van der Waals surface area (Å²) in [6.45, 7) is 0. The molecule has 26 heavy (non-hydrogen) atoms. The molecule has 0 bridgehead atoms. The molecule has 0 aromatic heterocycles. The van der Waals surface area contributed by atoms with Gasteiger partial charge in [0.25, 0.3) is 0 Å². The van der Waals surface area contributed by atoms with Gasteiger partial charge in [-0.05, 0) is 23.8 Å². The number of rotatable bonds is 4. The molecular formula is C19H21N3O4. The van der Waals surface area contributed by atoms with Crippen molar-refractivity contribution in [3.05, 3.63) is 48.0 Å². The molecule has 0 spiro atoms. The topological polar surface area (TPSA) is 79.9 Å². The normalized spacial score (nSPS) is 15.2. The van der Waals surface area contributed by atoms with E-state index in [0.717, 1.165) is 11.3 Å². The van der Waals surface area contributed by atoms with Crippen molar-refractivity contribution in [2.75, 3.05) is 31.5 Å². The Morgan fingerprint density at radius 3 is 2.58 bits per heavy atom.